The van der Waals surface area contributed by atoms with Gasteiger partial charge in [0, 0.05) is 26.1 Å². The van der Waals surface area contributed by atoms with E-state index in [4.69, 9.17) is 5.73 Å². The first-order chi connectivity index (χ1) is 14.8. The van der Waals surface area contributed by atoms with Crippen LogP contribution in [0.1, 0.15) is 58.8 Å². The van der Waals surface area contributed by atoms with Crippen LogP contribution in [-0.2, 0) is 16.1 Å². The van der Waals surface area contributed by atoms with Gasteiger partial charge in [-0.2, -0.15) is 0 Å². The SMILES string of the molecule is CCCCn1c(N)c(N(CC)C(=O)CCN2C(=O)NC3(CCCC3)C2=O)c(=O)[nH]c1=O. The molecule has 4 amide bonds. The lowest BCUT2D eigenvalue weighted by molar-refractivity contribution is -0.131. The fraction of sp³-hybridized carbons (Fsp3) is 0.650. The number of nitrogens with one attached hydrogen (secondary N) is 2. The van der Waals surface area contributed by atoms with Crippen molar-refractivity contribution < 1.29 is 14.4 Å². The maximum atomic E-state index is 12.9. The number of imide groups is 1. The number of nitrogens with zero attached hydrogens (tertiary/aromatic N) is 3. The van der Waals surface area contributed by atoms with Crippen LogP contribution in [0.15, 0.2) is 9.59 Å². The summed E-state index contributed by atoms with van der Waals surface area (Å²) in [5.41, 5.74) is 3.81. The average Bonchev–Trinajstić information content (AvgIpc) is 3.28. The van der Waals surface area contributed by atoms with Crippen molar-refractivity contribution in [1.29, 1.82) is 0 Å². The number of urea groups is 1. The third-order valence-corrected chi connectivity index (χ3v) is 6.09. The van der Waals surface area contributed by atoms with E-state index in [1.54, 1.807) is 6.92 Å². The summed E-state index contributed by atoms with van der Waals surface area (Å²) >= 11 is 0. The molecule has 0 atom stereocenters. The number of unbranched alkanes of at least 4 members (excludes halogenated alkanes) is 1. The van der Waals surface area contributed by atoms with Crippen molar-refractivity contribution >= 4 is 29.4 Å². The van der Waals surface area contributed by atoms with E-state index in [9.17, 15) is 24.0 Å². The van der Waals surface area contributed by atoms with Crippen molar-refractivity contribution in [2.24, 2.45) is 0 Å². The minimum absolute atomic E-state index is 0.0719. The summed E-state index contributed by atoms with van der Waals surface area (Å²) in [6.45, 7) is 4.01. The molecule has 2 aliphatic rings. The molecule has 1 aliphatic heterocycles. The first-order valence-electron chi connectivity index (χ1n) is 10.8. The summed E-state index contributed by atoms with van der Waals surface area (Å²) in [5, 5.41) is 2.78. The lowest BCUT2D eigenvalue weighted by Gasteiger charge is -2.24. The Balaban J connectivity index is 1.78. The molecule has 1 aromatic rings. The Bertz CT molecular complexity index is 991. The first kappa shape index (κ1) is 22.6. The molecule has 1 aromatic heterocycles. The van der Waals surface area contributed by atoms with Gasteiger partial charge in [0.2, 0.25) is 5.91 Å². The molecule has 0 bridgehead atoms. The van der Waals surface area contributed by atoms with E-state index in [1.165, 1.54) is 9.47 Å². The lowest BCUT2D eigenvalue weighted by Crippen LogP contribution is -2.44. The van der Waals surface area contributed by atoms with Gasteiger partial charge in [0.05, 0.1) is 0 Å². The number of nitrogen functional groups attached to an aromatic ring is 1. The third-order valence-electron chi connectivity index (χ3n) is 6.09. The highest BCUT2D eigenvalue weighted by Gasteiger charge is 2.52. The van der Waals surface area contributed by atoms with Crippen LogP contribution in [-0.4, -0.2) is 50.9 Å². The van der Waals surface area contributed by atoms with Crippen molar-refractivity contribution in [3.05, 3.63) is 20.8 Å². The lowest BCUT2D eigenvalue weighted by atomic mass is 9.98. The molecule has 1 saturated carbocycles. The molecule has 31 heavy (non-hydrogen) atoms. The zero-order valence-corrected chi connectivity index (χ0v) is 18.0. The van der Waals surface area contributed by atoms with E-state index in [2.05, 4.69) is 10.3 Å². The van der Waals surface area contributed by atoms with Crippen molar-refractivity contribution in [3.8, 4) is 0 Å². The highest BCUT2D eigenvalue weighted by molar-refractivity contribution is 6.07. The predicted molar refractivity (Wildman–Crippen MR) is 115 cm³/mol. The van der Waals surface area contributed by atoms with Crippen molar-refractivity contribution in [2.45, 2.75) is 70.9 Å². The molecule has 4 N–H and O–H groups in total. The van der Waals surface area contributed by atoms with E-state index in [-0.39, 0.29) is 36.9 Å². The Morgan fingerprint density at radius 2 is 1.81 bits per heavy atom. The number of H-pyrrole nitrogens is 1. The van der Waals surface area contributed by atoms with Gasteiger partial charge in [-0.3, -0.25) is 28.8 Å². The summed E-state index contributed by atoms with van der Waals surface area (Å²) in [5.74, 6) is -0.831. The van der Waals surface area contributed by atoms with Crippen molar-refractivity contribution in [2.75, 3.05) is 23.7 Å². The molecule has 1 aliphatic carbocycles. The van der Waals surface area contributed by atoms with Crippen LogP contribution in [0.3, 0.4) is 0 Å². The molecule has 1 saturated heterocycles. The number of hydrogen-bond donors (Lipinski definition) is 3. The first-order valence-corrected chi connectivity index (χ1v) is 10.8. The monoisotopic (exact) mass is 434 g/mol. The number of anilines is 2. The van der Waals surface area contributed by atoms with Crippen LogP contribution < -0.4 is 27.2 Å². The molecule has 2 fully saturated rings. The number of amides is 4. The van der Waals surface area contributed by atoms with Crippen LogP contribution in [0.2, 0.25) is 0 Å². The molecule has 0 radical (unpaired) electrons. The molecule has 2 heterocycles. The number of hydrogen-bond acceptors (Lipinski definition) is 6. The number of aromatic amines is 1. The van der Waals surface area contributed by atoms with Crippen molar-refractivity contribution in [3.63, 3.8) is 0 Å². The van der Waals surface area contributed by atoms with E-state index in [1.807, 2.05) is 6.92 Å². The molecular formula is C20H30N6O5. The van der Waals surface area contributed by atoms with Gasteiger partial charge in [-0.15, -0.1) is 0 Å². The van der Waals surface area contributed by atoms with Gasteiger partial charge in [0.25, 0.3) is 11.5 Å². The Morgan fingerprint density at radius 3 is 2.42 bits per heavy atom. The summed E-state index contributed by atoms with van der Waals surface area (Å²) in [6.07, 6.45) is 4.31. The maximum absolute atomic E-state index is 12.9. The van der Waals surface area contributed by atoms with Crippen molar-refractivity contribution in [1.82, 2.24) is 19.8 Å². The Morgan fingerprint density at radius 1 is 1.13 bits per heavy atom. The summed E-state index contributed by atoms with van der Waals surface area (Å²) in [7, 11) is 0. The molecule has 11 heteroatoms. The van der Waals surface area contributed by atoms with Gasteiger partial charge in [0.15, 0.2) is 5.69 Å². The second kappa shape index (κ2) is 8.94. The van der Waals surface area contributed by atoms with Gasteiger partial charge in [-0.25, -0.2) is 9.59 Å². The highest BCUT2D eigenvalue weighted by Crippen LogP contribution is 2.35. The van der Waals surface area contributed by atoms with Gasteiger partial charge in [0.1, 0.15) is 11.4 Å². The fourth-order valence-corrected chi connectivity index (χ4v) is 4.37. The predicted octanol–water partition coefficient (Wildman–Crippen LogP) is 0.527. The van der Waals surface area contributed by atoms with Gasteiger partial charge in [-0.05, 0) is 26.2 Å². The molecular weight excluding hydrogens is 404 g/mol. The third kappa shape index (κ3) is 4.08. The van der Waals surface area contributed by atoms with E-state index >= 15 is 0 Å². The quantitative estimate of drug-likeness (QED) is 0.508. The van der Waals surface area contributed by atoms with Gasteiger partial charge >= 0.3 is 11.7 Å². The molecule has 1 spiro atoms. The van der Waals surface area contributed by atoms with Crippen LogP contribution >= 0.6 is 0 Å². The number of nitrogens with two attached hydrogens (primary N) is 1. The maximum Gasteiger partial charge on any atom is 0.330 e. The average molecular weight is 434 g/mol. The fourth-order valence-electron chi connectivity index (χ4n) is 4.37. The molecule has 3 rings (SSSR count). The van der Waals surface area contributed by atoms with E-state index in [0.717, 1.165) is 24.2 Å². The van der Waals surface area contributed by atoms with Crippen LogP contribution in [0, 0.1) is 0 Å². The molecule has 170 valence electrons. The van der Waals surface area contributed by atoms with Crippen LogP contribution in [0.25, 0.3) is 0 Å². The standard InChI is InChI=1S/C20H30N6O5/c1-3-5-11-25-15(21)14(16(28)22-18(25)30)24(4-2)13(27)8-12-26-17(29)20(23-19(26)31)9-6-7-10-20/h3-12,21H2,1-2H3,(H,23,31)(H,22,28,30). The van der Waals surface area contributed by atoms with E-state index < -0.39 is 28.7 Å². The number of carbonyl (C=O) groups excluding carboxylic acids is 3. The van der Waals surface area contributed by atoms with Crippen LogP contribution in [0.5, 0.6) is 0 Å². The zero-order chi connectivity index (χ0) is 22.8. The van der Waals surface area contributed by atoms with Gasteiger partial charge < -0.3 is 16.0 Å². The normalized spacial score (nSPS) is 17.4. The Kier molecular flexibility index (Phi) is 6.51. The largest absolute Gasteiger partial charge is 0.383 e. The summed E-state index contributed by atoms with van der Waals surface area (Å²) in [6, 6.07) is -0.492. The Labute approximate surface area is 179 Å². The smallest absolute Gasteiger partial charge is 0.330 e. The topological polar surface area (TPSA) is 151 Å². The second-order valence-corrected chi connectivity index (χ2v) is 8.06. The second-order valence-electron chi connectivity index (χ2n) is 8.06. The molecule has 0 unspecified atom stereocenters. The molecule has 0 aromatic carbocycles. The number of rotatable bonds is 8. The van der Waals surface area contributed by atoms with E-state index in [0.29, 0.717) is 25.8 Å². The minimum Gasteiger partial charge on any atom is -0.383 e. The van der Waals surface area contributed by atoms with Gasteiger partial charge in [-0.1, -0.05) is 26.2 Å². The molecule has 11 nitrogen and oxygen atoms in total. The van der Waals surface area contributed by atoms with Crippen LogP contribution in [0.4, 0.5) is 16.3 Å². The minimum atomic E-state index is -0.832. The highest BCUT2D eigenvalue weighted by atomic mass is 16.2. The zero-order valence-electron chi connectivity index (χ0n) is 18.0. The summed E-state index contributed by atoms with van der Waals surface area (Å²) in [4.78, 5) is 67.1. The Hall–Kier alpha value is -3.11. The summed E-state index contributed by atoms with van der Waals surface area (Å²) < 4.78 is 1.25. The number of aromatic nitrogens is 2. The number of carbonyl (C=O) groups is 3.